The first-order valence-electron chi connectivity index (χ1n) is 6.63. The third kappa shape index (κ3) is 3.52. The van der Waals surface area contributed by atoms with E-state index in [1.807, 2.05) is 0 Å². The van der Waals surface area contributed by atoms with E-state index < -0.39 is 0 Å². The minimum absolute atomic E-state index is 0.323. The molecule has 2 rings (SSSR count). The summed E-state index contributed by atoms with van der Waals surface area (Å²) < 4.78 is 0. The maximum absolute atomic E-state index is 10.7. The maximum atomic E-state index is 10.7. The fourth-order valence-corrected chi connectivity index (χ4v) is 1.89. The molecule has 0 saturated carbocycles. The van der Waals surface area contributed by atoms with Crippen LogP contribution in [0.15, 0.2) is 6.20 Å². The van der Waals surface area contributed by atoms with Crippen LogP contribution in [0.4, 0.5) is 11.8 Å². The summed E-state index contributed by atoms with van der Waals surface area (Å²) in [4.78, 5) is 19.0. The largest absolute Gasteiger partial charge is 0.352 e. The number of aromatic nitrogens is 3. The zero-order chi connectivity index (χ0) is 13.7. The second-order valence-corrected chi connectivity index (χ2v) is 4.72. The van der Waals surface area contributed by atoms with E-state index in [-0.39, 0.29) is 0 Å². The summed E-state index contributed by atoms with van der Waals surface area (Å²) in [5.74, 6) is 1.37. The molecule has 1 aliphatic heterocycles. The standard InChI is InChI=1S/C12H20N6O/c1-3-10(2)14-12-15-11(8-13-16-12)18-6-4-17(9-19)5-7-18/h8-10H,3-7H2,1-2H3,(H,14,15,16). The minimum Gasteiger partial charge on any atom is -0.352 e. The molecule has 104 valence electrons. The molecule has 1 N–H and O–H groups in total. The molecule has 7 nitrogen and oxygen atoms in total. The van der Waals surface area contributed by atoms with Crippen LogP contribution in [0.25, 0.3) is 0 Å². The van der Waals surface area contributed by atoms with E-state index in [9.17, 15) is 4.79 Å². The van der Waals surface area contributed by atoms with Gasteiger partial charge in [-0.1, -0.05) is 6.92 Å². The molecule has 1 saturated heterocycles. The van der Waals surface area contributed by atoms with Gasteiger partial charge in [0.05, 0.1) is 6.20 Å². The fraction of sp³-hybridized carbons (Fsp3) is 0.667. The third-order valence-corrected chi connectivity index (χ3v) is 3.32. The average molecular weight is 264 g/mol. The predicted molar refractivity (Wildman–Crippen MR) is 73.1 cm³/mol. The van der Waals surface area contributed by atoms with Gasteiger partial charge >= 0.3 is 0 Å². The number of piperazine rings is 1. The van der Waals surface area contributed by atoms with E-state index in [4.69, 9.17) is 0 Å². The van der Waals surface area contributed by atoms with E-state index in [1.54, 1.807) is 11.1 Å². The van der Waals surface area contributed by atoms with E-state index in [2.05, 4.69) is 39.2 Å². The van der Waals surface area contributed by atoms with Gasteiger partial charge in [-0.15, -0.1) is 5.10 Å². The van der Waals surface area contributed by atoms with Crippen molar-refractivity contribution < 1.29 is 4.79 Å². The van der Waals surface area contributed by atoms with Gasteiger partial charge in [0.2, 0.25) is 12.4 Å². The quantitative estimate of drug-likeness (QED) is 0.774. The van der Waals surface area contributed by atoms with Gasteiger partial charge in [0.15, 0.2) is 5.82 Å². The number of rotatable bonds is 5. The molecule has 2 heterocycles. The van der Waals surface area contributed by atoms with Crippen molar-refractivity contribution in [3.63, 3.8) is 0 Å². The topological polar surface area (TPSA) is 74.2 Å². The Labute approximate surface area is 113 Å². The van der Waals surface area contributed by atoms with Crippen molar-refractivity contribution in [1.29, 1.82) is 0 Å². The van der Waals surface area contributed by atoms with Crippen molar-refractivity contribution >= 4 is 18.2 Å². The normalized spacial score (nSPS) is 17.2. The molecule has 1 atom stereocenters. The Morgan fingerprint density at radius 3 is 2.79 bits per heavy atom. The van der Waals surface area contributed by atoms with E-state index in [1.165, 1.54) is 0 Å². The minimum atomic E-state index is 0.323. The van der Waals surface area contributed by atoms with Gasteiger partial charge in [-0.05, 0) is 13.3 Å². The summed E-state index contributed by atoms with van der Waals surface area (Å²) in [6, 6.07) is 0.323. The lowest BCUT2D eigenvalue weighted by Gasteiger charge is -2.33. The molecule has 0 aliphatic carbocycles. The van der Waals surface area contributed by atoms with Crippen molar-refractivity contribution in [2.45, 2.75) is 26.3 Å². The average Bonchev–Trinajstić information content (AvgIpc) is 2.47. The van der Waals surface area contributed by atoms with Gasteiger partial charge in [-0.3, -0.25) is 4.79 Å². The van der Waals surface area contributed by atoms with Crippen LogP contribution in [0.3, 0.4) is 0 Å². The summed E-state index contributed by atoms with van der Waals surface area (Å²) >= 11 is 0. The molecule has 0 spiro atoms. The van der Waals surface area contributed by atoms with Crippen LogP contribution in [0, 0.1) is 0 Å². The van der Waals surface area contributed by atoms with Crippen molar-refractivity contribution in [2.75, 3.05) is 36.4 Å². The Bertz CT molecular complexity index is 418. The summed E-state index contributed by atoms with van der Waals surface area (Å²) in [6.07, 6.45) is 3.56. The molecule has 7 heteroatoms. The highest BCUT2D eigenvalue weighted by Crippen LogP contribution is 2.13. The molecular weight excluding hydrogens is 244 g/mol. The number of anilines is 2. The van der Waals surface area contributed by atoms with Crippen molar-refractivity contribution in [2.24, 2.45) is 0 Å². The molecule has 1 aromatic rings. The van der Waals surface area contributed by atoms with E-state index in [0.29, 0.717) is 12.0 Å². The Morgan fingerprint density at radius 2 is 2.16 bits per heavy atom. The number of amides is 1. The molecule has 0 aromatic carbocycles. The summed E-state index contributed by atoms with van der Waals surface area (Å²) in [7, 11) is 0. The second-order valence-electron chi connectivity index (χ2n) is 4.72. The Hall–Kier alpha value is -1.92. The zero-order valence-electron chi connectivity index (χ0n) is 11.4. The van der Waals surface area contributed by atoms with Crippen LogP contribution in [-0.4, -0.2) is 58.7 Å². The molecule has 19 heavy (non-hydrogen) atoms. The van der Waals surface area contributed by atoms with Crippen LogP contribution < -0.4 is 10.2 Å². The molecule has 1 unspecified atom stereocenters. The highest BCUT2D eigenvalue weighted by atomic mass is 16.1. The molecule has 0 radical (unpaired) electrons. The van der Waals surface area contributed by atoms with Gasteiger partial charge < -0.3 is 15.1 Å². The maximum Gasteiger partial charge on any atom is 0.244 e. The second kappa shape index (κ2) is 6.31. The van der Waals surface area contributed by atoms with Crippen molar-refractivity contribution in [1.82, 2.24) is 20.1 Å². The lowest BCUT2D eigenvalue weighted by molar-refractivity contribution is -0.118. The van der Waals surface area contributed by atoms with Crippen molar-refractivity contribution in [3.8, 4) is 0 Å². The fourth-order valence-electron chi connectivity index (χ4n) is 1.89. The van der Waals surface area contributed by atoms with Crippen LogP contribution in [0.1, 0.15) is 20.3 Å². The van der Waals surface area contributed by atoms with E-state index >= 15 is 0 Å². The molecule has 1 aliphatic rings. The lowest BCUT2D eigenvalue weighted by atomic mass is 10.3. The van der Waals surface area contributed by atoms with Gasteiger partial charge in [-0.2, -0.15) is 10.1 Å². The first-order chi connectivity index (χ1) is 9.22. The van der Waals surface area contributed by atoms with Gasteiger partial charge in [0.1, 0.15) is 0 Å². The van der Waals surface area contributed by atoms with Gasteiger partial charge in [0, 0.05) is 32.2 Å². The molecule has 0 bridgehead atoms. The van der Waals surface area contributed by atoms with Crippen LogP contribution in [0.5, 0.6) is 0 Å². The first-order valence-corrected chi connectivity index (χ1v) is 6.63. The summed E-state index contributed by atoms with van der Waals surface area (Å²) in [6.45, 7) is 7.19. The van der Waals surface area contributed by atoms with Crippen LogP contribution >= 0.6 is 0 Å². The summed E-state index contributed by atoms with van der Waals surface area (Å²) in [5.41, 5.74) is 0. The Balaban J connectivity index is 2.00. The molecule has 1 fully saturated rings. The number of hydrogen-bond acceptors (Lipinski definition) is 6. The highest BCUT2D eigenvalue weighted by molar-refractivity contribution is 5.49. The number of nitrogens with zero attached hydrogens (tertiary/aromatic N) is 5. The van der Waals surface area contributed by atoms with Crippen LogP contribution in [0.2, 0.25) is 0 Å². The monoisotopic (exact) mass is 264 g/mol. The lowest BCUT2D eigenvalue weighted by Crippen LogP contribution is -2.46. The third-order valence-electron chi connectivity index (χ3n) is 3.32. The van der Waals surface area contributed by atoms with Gasteiger partial charge in [0.25, 0.3) is 0 Å². The molecule has 1 aromatic heterocycles. The molecular formula is C12H20N6O. The summed E-state index contributed by atoms with van der Waals surface area (Å²) in [5, 5.41) is 11.2. The zero-order valence-corrected chi connectivity index (χ0v) is 11.4. The van der Waals surface area contributed by atoms with Gasteiger partial charge in [-0.25, -0.2) is 0 Å². The van der Waals surface area contributed by atoms with Crippen LogP contribution in [-0.2, 0) is 4.79 Å². The Kier molecular flexibility index (Phi) is 4.48. The number of carbonyl (C=O) groups excluding carboxylic acids is 1. The first kappa shape index (κ1) is 13.5. The highest BCUT2D eigenvalue weighted by Gasteiger charge is 2.17. The number of nitrogens with one attached hydrogen (secondary N) is 1. The Morgan fingerprint density at radius 1 is 1.42 bits per heavy atom. The molecule has 1 amide bonds. The SMILES string of the molecule is CCC(C)Nc1nncc(N2CCN(C=O)CC2)n1. The van der Waals surface area contributed by atoms with E-state index in [0.717, 1.165) is 44.8 Å². The number of carbonyl (C=O) groups is 1. The number of hydrogen-bond donors (Lipinski definition) is 1. The smallest absolute Gasteiger partial charge is 0.244 e. The predicted octanol–water partition coefficient (Wildman–Crippen LogP) is 0.360. The van der Waals surface area contributed by atoms with Crippen molar-refractivity contribution in [3.05, 3.63) is 6.20 Å².